The molecule has 2 fully saturated rings. The van der Waals surface area contributed by atoms with Gasteiger partial charge >= 0.3 is 0 Å². The zero-order chi connectivity index (χ0) is 7.73. The number of halogens is 1. The van der Waals surface area contributed by atoms with Crippen LogP contribution in [0.4, 0.5) is 0 Å². The Bertz CT molecular complexity index is 136. The highest BCUT2D eigenvalue weighted by atomic mass is 79.9. The molecule has 0 bridgehead atoms. The molecule has 1 aliphatic heterocycles. The molecule has 1 saturated carbocycles. The van der Waals surface area contributed by atoms with E-state index in [1.54, 1.807) is 0 Å². The lowest BCUT2D eigenvalue weighted by atomic mass is 9.84. The van der Waals surface area contributed by atoms with Gasteiger partial charge in [0.25, 0.3) is 0 Å². The Kier molecular flexibility index (Phi) is 2.24. The molecule has 0 aromatic rings. The van der Waals surface area contributed by atoms with Crippen LogP contribution in [0.25, 0.3) is 0 Å². The topological polar surface area (TPSA) is 12.5 Å². The minimum absolute atomic E-state index is 0.612. The van der Waals surface area contributed by atoms with Gasteiger partial charge in [-0.15, -0.1) is 0 Å². The molecule has 0 spiro atoms. The van der Waals surface area contributed by atoms with E-state index in [9.17, 15) is 0 Å². The summed E-state index contributed by atoms with van der Waals surface area (Å²) in [5.41, 5.74) is 0.612. The van der Waals surface area contributed by atoms with Crippen molar-refractivity contribution in [1.82, 2.24) is 0 Å². The van der Waals surface area contributed by atoms with Crippen molar-refractivity contribution in [1.29, 1.82) is 0 Å². The molecule has 0 radical (unpaired) electrons. The van der Waals surface area contributed by atoms with Gasteiger partial charge in [-0.05, 0) is 24.7 Å². The number of rotatable bonds is 3. The van der Waals surface area contributed by atoms with Crippen LogP contribution < -0.4 is 0 Å². The van der Waals surface area contributed by atoms with E-state index in [0.717, 1.165) is 6.61 Å². The van der Waals surface area contributed by atoms with Crippen molar-refractivity contribution in [3.05, 3.63) is 0 Å². The quantitative estimate of drug-likeness (QED) is 0.525. The lowest BCUT2D eigenvalue weighted by Crippen LogP contribution is -2.20. The second-order valence-corrected chi connectivity index (χ2v) is 4.56. The maximum atomic E-state index is 5.28. The Labute approximate surface area is 76.6 Å². The molecular weight excluding hydrogens is 204 g/mol. The minimum Gasteiger partial charge on any atom is -0.373 e. The van der Waals surface area contributed by atoms with E-state index in [4.69, 9.17) is 4.74 Å². The van der Waals surface area contributed by atoms with Crippen LogP contribution in [0.15, 0.2) is 0 Å². The van der Waals surface area contributed by atoms with E-state index < -0.39 is 0 Å². The monoisotopic (exact) mass is 218 g/mol. The first-order chi connectivity index (χ1) is 5.35. The number of alkyl halides is 1. The molecule has 0 aromatic heterocycles. The van der Waals surface area contributed by atoms with E-state index in [0.29, 0.717) is 11.5 Å². The highest BCUT2D eigenvalue weighted by Gasteiger charge is 2.38. The second kappa shape index (κ2) is 3.06. The van der Waals surface area contributed by atoms with Crippen molar-refractivity contribution < 1.29 is 4.74 Å². The van der Waals surface area contributed by atoms with Gasteiger partial charge in [0.15, 0.2) is 0 Å². The summed E-state index contributed by atoms with van der Waals surface area (Å²) in [5.74, 6) is 0. The van der Waals surface area contributed by atoms with Crippen molar-refractivity contribution in [3.8, 4) is 0 Å². The molecule has 1 aliphatic carbocycles. The van der Waals surface area contributed by atoms with Gasteiger partial charge in [0.1, 0.15) is 0 Å². The van der Waals surface area contributed by atoms with E-state index in [-0.39, 0.29) is 0 Å². The SMILES string of the molecule is BrCC1(CC2CO2)CCCC1. The molecule has 64 valence electrons. The third-order valence-electron chi connectivity index (χ3n) is 3.01. The average Bonchev–Trinajstić information content (AvgIpc) is 2.68. The zero-order valence-corrected chi connectivity index (χ0v) is 8.40. The number of hydrogen-bond acceptors (Lipinski definition) is 1. The van der Waals surface area contributed by atoms with E-state index in [1.807, 2.05) is 0 Å². The molecule has 1 nitrogen and oxygen atoms in total. The molecule has 0 amide bonds. The first-order valence-corrected chi connectivity index (χ1v) is 5.64. The molecule has 0 N–H and O–H groups in total. The third kappa shape index (κ3) is 1.78. The molecule has 1 saturated heterocycles. The summed E-state index contributed by atoms with van der Waals surface area (Å²) >= 11 is 3.63. The minimum atomic E-state index is 0.612. The Morgan fingerprint density at radius 2 is 2.00 bits per heavy atom. The van der Waals surface area contributed by atoms with Crippen LogP contribution in [0, 0.1) is 5.41 Å². The van der Waals surface area contributed by atoms with Crippen LogP contribution in [-0.4, -0.2) is 18.0 Å². The largest absolute Gasteiger partial charge is 0.373 e. The van der Waals surface area contributed by atoms with Gasteiger partial charge in [-0.2, -0.15) is 0 Å². The summed E-state index contributed by atoms with van der Waals surface area (Å²) in [5, 5.41) is 1.18. The van der Waals surface area contributed by atoms with Crippen molar-refractivity contribution in [2.45, 2.75) is 38.2 Å². The van der Waals surface area contributed by atoms with Crippen LogP contribution in [0.1, 0.15) is 32.1 Å². The lowest BCUT2D eigenvalue weighted by Gasteiger charge is -2.25. The standard InChI is InChI=1S/C9H15BrO/c10-7-9(3-1-2-4-9)5-8-6-11-8/h8H,1-7H2. The van der Waals surface area contributed by atoms with Crippen LogP contribution in [0.3, 0.4) is 0 Å². The fourth-order valence-corrected chi connectivity index (χ4v) is 2.98. The number of ether oxygens (including phenoxy) is 1. The summed E-state index contributed by atoms with van der Waals surface area (Å²) in [7, 11) is 0. The fourth-order valence-electron chi connectivity index (χ4n) is 2.19. The zero-order valence-electron chi connectivity index (χ0n) is 6.81. The van der Waals surface area contributed by atoms with Crippen LogP contribution in [0.5, 0.6) is 0 Å². The normalized spacial score (nSPS) is 34.1. The summed E-state index contributed by atoms with van der Waals surface area (Å²) in [6, 6.07) is 0. The van der Waals surface area contributed by atoms with Gasteiger partial charge in [0.05, 0.1) is 12.7 Å². The predicted molar refractivity (Wildman–Crippen MR) is 49.1 cm³/mol. The summed E-state index contributed by atoms with van der Waals surface area (Å²) in [4.78, 5) is 0. The van der Waals surface area contributed by atoms with Gasteiger partial charge in [-0.1, -0.05) is 28.8 Å². The fraction of sp³-hybridized carbons (Fsp3) is 1.00. The number of hydrogen-bond donors (Lipinski definition) is 0. The maximum absolute atomic E-state index is 5.28. The smallest absolute Gasteiger partial charge is 0.0815 e. The van der Waals surface area contributed by atoms with Gasteiger partial charge in [0, 0.05) is 5.33 Å². The second-order valence-electron chi connectivity index (χ2n) is 4.00. The number of epoxide rings is 1. The maximum Gasteiger partial charge on any atom is 0.0815 e. The molecule has 1 unspecified atom stereocenters. The molecule has 1 heterocycles. The van der Waals surface area contributed by atoms with Crippen LogP contribution in [-0.2, 0) is 4.74 Å². The summed E-state index contributed by atoms with van der Waals surface area (Å²) in [6.45, 7) is 1.02. The van der Waals surface area contributed by atoms with Crippen LogP contribution in [0.2, 0.25) is 0 Å². The van der Waals surface area contributed by atoms with Crippen LogP contribution >= 0.6 is 15.9 Å². The average molecular weight is 219 g/mol. The van der Waals surface area contributed by atoms with E-state index in [2.05, 4.69) is 15.9 Å². The molecule has 1 atom stereocenters. The van der Waals surface area contributed by atoms with Crippen molar-refractivity contribution in [3.63, 3.8) is 0 Å². The molecule has 2 aliphatic rings. The first-order valence-electron chi connectivity index (χ1n) is 4.52. The van der Waals surface area contributed by atoms with Gasteiger partial charge in [-0.3, -0.25) is 0 Å². The highest BCUT2D eigenvalue weighted by molar-refractivity contribution is 9.09. The Morgan fingerprint density at radius 3 is 2.45 bits per heavy atom. The molecule has 0 aromatic carbocycles. The summed E-state index contributed by atoms with van der Waals surface area (Å²) < 4.78 is 5.28. The van der Waals surface area contributed by atoms with Crippen molar-refractivity contribution in [2.75, 3.05) is 11.9 Å². The Balaban J connectivity index is 1.91. The first kappa shape index (κ1) is 8.06. The van der Waals surface area contributed by atoms with Gasteiger partial charge in [-0.25, -0.2) is 0 Å². The Morgan fingerprint density at radius 1 is 1.36 bits per heavy atom. The molecule has 2 heteroatoms. The lowest BCUT2D eigenvalue weighted by molar-refractivity contribution is 0.266. The third-order valence-corrected chi connectivity index (χ3v) is 4.20. The molecule has 11 heavy (non-hydrogen) atoms. The van der Waals surface area contributed by atoms with Crippen molar-refractivity contribution in [2.24, 2.45) is 5.41 Å². The summed E-state index contributed by atoms with van der Waals surface area (Å²) in [6.07, 6.45) is 7.61. The van der Waals surface area contributed by atoms with Gasteiger partial charge in [0.2, 0.25) is 0 Å². The van der Waals surface area contributed by atoms with E-state index in [1.165, 1.54) is 37.4 Å². The Hall–Kier alpha value is 0.440. The van der Waals surface area contributed by atoms with E-state index >= 15 is 0 Å². The molecule has 2 rings (SSSR count). The van der Waals surface area contributed by atoms with Gasteiger partial charge < -0.3 is 4.74 Å². The predicted octanol–water partition coefficient (Wildman–Crippen LogP) is 2.73. The highest BCUT2D eigenvalue weighted by Crippen LogP contribution is 2.45. The molecular formula is C9H15BrO. The van der Waals surface area contributed by atoms with Crippen molar-refractivity contribution >= 4 is 15.9 Å².